The Morgan fingerprint density at radius 3 is 1.82 bits per heavy atom. The Labute approximate surface area is 295 Å². The molecule has 1 heterocycles. The van der Waals surface area contributed by atoms with Gasteiger partial charge in [0.25, 0.3) is 5.91 Å². The van der Waals surface area contributed by atoms with E-state index >= 15 is 0 Å². The van der Waals surface area contributed by atoms with Crippen LogP contribution in [0.5, 0.6) is 0 Å². The summed E-state index contributed by atoms with van der Waals surface area (Å²) in [7, 11) is 0. The number of aromatic nitrogens is 1. The minimum Gasteiger partial charge on any atom is -0.444 e. The summed E-state index contributed by atoms with van der Waals surface area (Å²) in [6.07, 6.45) is 1.15. The van der Waals surface area contributed by atoms with E-state index in [1.165, 1.54) is 12.1 Å². The van der Waals surface area contributed by atoms with Crippen molar-refractivity contribution in [2.75, 3.05) is 0 Å². The van der Waals surface area contributed by atoms with Gasteiger partial charge in [-0.25, -0.2) is 19.1 Å². The van der Waals surface area contributed by atoms with Crippen LogP contribution >= 0.6 is 0 Å². The molecule has 2 N–H and O–H groups in total. The summed E-state index contributed by atoms with van der Waals surface area (Å²) >= 11 is 0. The maximum absolute atomic E-state index is 14.3. The second kappa shape index (κ2) is 15.0. The molecule has 0 aliphatic carbocycles. The number of hydrogen-bond donors (Lipinski definition) is 2. The van der Waals surface area contributed by atoms with E-state index in [0.717, 1.165) is 39.2 Å². The number of ether oxygens (including phenoxy) is 1. The number of carbonyl (C=O) groups excluding carboxylic acids is 2. The smallest absolute Gasteiger partial charge is 0.408 e. The van der Waals surface area contributed by atoms with E-state index < -0.39 is 40.9 Å². The molecular formula is C42H39F2N3O4. The number of nitrogens with zero attached hydrogens (tertiary/aromatic N) is 1. The molecule has 51 heavy (non-hydrogen) atoms. The van der Waals surface area contributed by atoms with Gasteiger partial charge < -0.3 is 14.6 Å². The fraction of sp³-hybridized carbons (Fsp3) is 0.190. The van der Waals surface area contributed by atoms with Crippen LogP contribution in [0.25, 0.3) is 10.9 Å². The highest BCUT2D eigenvalue weighted by molar-refractivity contribution is 5.88. The van der Waals surface area contributed by atoms with Gasteiger partial charge in [-0.3, -0.25) is 9.63 Å². The summed E-state index contributed by atoms with van der Waals surface area (Å²) in [6, 6.07) is 39.0. The third-order valence-electron chi connectivity index (χ3n) is 8.49. The second-order valence-electron chi connectivity index (χ2n) is 13.3. The lowest BCUT2D eigenvalue weighted by Gasteiger charge is -2.35. The van der Waals surface area contributed by atoms with Crippen LogP contribution < -0.4 is 10.8 Å². The van der Waals surface area contributed by atoms with E-state index in [9.17, 15) is 18.4 Å². The Hall–Kier alpha value is -5.80. The first-order chi connectivity index (χ1) is 24.5. The highest BCUT2D eigenvalue weighted by Crippen LogP contribution is 2.39. The number of carbonyl (C=O) groups is 2. The molecule has 0 aliphatic heterocycles. The number of alkyl carbamates (subject to hydrolysis) is 1. The van der Waals surface area contributed by atoms with Gasteiger partial charge >= 0.3 is 6.09 Å². The molecule has 5 aromatic carbocycles. The molecule has 0 fully saturated rings. The van der Waals surface area contributed by atoms with E-state index in [4.69, 9.17) is 9.57 Å². The van der Waals surface area contributed by atoms with Gasteiger partial charge in [0.15, 0.2) is 17.2 Å². The van der Waals surface area contributed by atoms with Crippen molar-refractivity contribution in [3.05, 3.63) is 179 Å². The van der Waals surface area contributed by atoms with Crippen molar-refractivity contribution in [2.24, 2.45) is 0 Å². The third kappa shape index (κ3) is 8.00. The molecule has 1 atom stereocenters. The van der Waals surface area contributed by atoms with Gasteiger partial charge in [0.05, 0.1) is 0 Å². The van der Waals surface area contributed by atoms with E-state index in [-0.39, 0.29) is 13.0 Å². The Kier molecular flexibility index (Phi) is 10.3. The minimum atomic E-state index is -1.25. The van der Waals surface area contributed by atoms with Crippen molar-refractivity contribution >= 4 is 22.9 Å². The molecule has 260 valence electrons. The number of hydroxylamine groups is 1. The number of para-hydroxylation sites is 1. The predicted octanol–water partition coefficient (Wildman–Crippen LogP) is 8.44. The summed E-state index contributed by atoms with van der Waals surface area (Å²) in [4.78, 5) is 34.1. The van der Waals surface area contributed by atoms with Crippen LogP contribution in [-0.2, 0) is 32.9 Å². The van der Waals surface area contributed by atoms with E-state index in [1.54, 1.807) is 20.8 Å². The normalized spacial score (nSPS) is 12.3. The molecule has 2 amide bonds. The number of hydrogen-bond acceptors (Lipinski definition) is 4. The monoisotopic (exact) mass is 687 g/mol. The van der Waals surface area contributed by atoms with Crippen molar-refractivity contribution < 1.29 is 27.9 Å². The highest BCUT2D eigenvalue weighted by atomic mass is 19.2. The quantitative estimate of drug-likeness (QED) is 0.106. The standard InChI is InChI=1S/C42H39F2N3O4/c1-41(2,3)50-40(49)45-37(26-30-28-47(38-22-14-13-21-34(30)38)27-29-23-24-35(43)36(44)25-29)39(48)46-51-42(31-15-7-4-8-16-31,32-17-9-5-10-18-32)33-19-11-6-12-20-33/h4-25,28,37H,26-27H2,1-3H3,(H,45,49)(H,46,48)/t37-/m0/s1. The van der Waals surface area contributed by atoms with Crippen LogP contribution in [0, 0.1) is 11.6 Å². The summed E-state index contributed by atoms with van der Waals surface area (Å²) in [5, 5.41) is 3.59. The van der Waals surface area contributed by atoms with Gasteiger partial charge in [0, 0.05) is 30.1 Å². The molecule has 0 aliphatic rings. The van der Waals surface area contributed by atoms with Crippen molar-refractivity contribution in [2.45, 2.75) is 51.0 Å². The van der Waals surface area contributed by atoms with E-state index in [1.807, 2.05) is 126 Å². The molecule has 9 heteroatoms. The van der Waals surface area contributed by atoms with Gasteiger partial charge in [0.2, 0.25) is 0 Å². The average Bonchev–Trinajstić information content (AvgIpc) is 3.46. The molecule has 6 aromatic rings. The fourth-order valence-electron chi connectivity index (χ4n) is 6.22. The summed E-state index contributed by atoms with van der Waals surface area (Å²) in [6.45, 7) is 5.48. The summed E-state index contributed by atoms with van der Waals surface area (Å²) < 4.78 is 35.2. The van der Waals surface area contributed by atoms with Gasteiger partial charge in [-0.1, -0.05) is 115 Å². The molecule has 0 saturated heterocycles. The van der Waals surface area contributed by atoms with Crippen molar-refractivity contribution in [1.29, 1.82) is 0 Å². The molecule has 0 bridgehead atoms. The van der Waals surface area contributed by atoms with Crippen LogP contribution in [0.2, 0.25) is 0 Å². The Bertz CT molecular complexity index is 2020. The second-order valence-corrected chi connectivity index (χ2v) is 13.3. The number of amides is 2. The minimum absolute atomic E-state index is 0.0642. The third-order valence-corrected chi connectivity index (χ3v) is 8.49. The van der Waals surface area contributed by atoms with Gasteiger partial charge in [-0.05, 0) is 66.8 Å². The van der Waals surface area contributed by atoms with Gasteiger partial charge in [0.1, 0.15) is 11.6 Å². The first-order valence-electron chi connectivity index (χ1n) is 16.7. The first kappa shape index (κ1) is 35.0. The number of halogens is 2. The zero-order valence-electron chi connectivity index (χ0n) is 28.6. The first-order valence-corrected chi connectivity index (χ1v) is 16.7. The highest BCUT2D eigenvalue weighted by Gasteiger charge is 2.40. The van der Waals surface area contributed by atoms with Crippen LogP contribution in [0.4, 0.5) is 13.6 Å². The Balaban J connectivity index is 1.36. The topological polar surface area (TPSA) is 81.6 Å². The predicted molar refractivity (Wildman–Crippen MR) is 193 cm³/mol. The molecule has 0 spiro atoms. The number of rotatable bonds is 11. The average molecular weight is 688 g/mol. The van der Waals surface area contributed by atoms with Crippen molar-refractivity contribution in [1.82, 2.24) is 15.4 Å². The molecule has 0 saturated carbocycles. The van der Waals surface area contributed by atoms with E-state index in [2.05, 4.69) is 10.8 Å². The Morgan fingerprint density at radius 2 is 1.27 bits per heavy atom. The SMILES string of the molecule is CC(C)(C)OC(=O)N[C@@H](Cc1cn(Cc2ccc(F)c(F)c2)c2ccccc12)C(=O)NOC(c1ccccc1)(c1ccccc1)c1ccccc1. The van der Waals surface area contributed by atoms with Gasteiger partial charge in [-0.15, -0.1) is 0 Å². The maximum Gasteiger partial charge on any atom is 0.408 e. The molecule has 0 unspecified atom stereocenters. The van der Waals surface area contributed by atoms with E-state index in [0.29, 0.717) is 5.56 Å². The molecule has 7 nitrogen and oxygen atoms in total. The lowest BCUT2D eigenvalue weighted by molar-refractivity contribution is -0.145. The number of fused-ring (bicyclic) bond motifs is 1. The van der Waals surface area contributed by atoms with Gasteiger partial charge in [-0.2, -0.15) is 0 Å². The zero-order valence-corrected chi connectivity index (χ0v) is 28.6. The molecule has 6 rings (SSSR count). The number of benzene rings is 5. The molecular weight excluding hydrogens is 648 g/mol. The van der Waals surface area contributed by atoms with Crippen LogP contribution in [0.1, 0.15) is 48.6 Å². The van der Waals surface area contributed by atoms with Crippen molar-refractivity contribution in [3.8, 4) is 0 Å². The summed E-state index contributed by atoms with van der Waals surface area (Å²) in [5.41, 5.74) is 5.11. The molecule has 0 radical (unpaired) electrons. The lowest BCUT2D eigenvalue weighted by Crippen LogP contribution is -2.51. The zero-order chi connectivity index (χ0) is 36.0. The maximum atomic E-state index is 14.3. The van der Waals surface area contributed by atoms with Crippen LogP contribution in [-0.4, -0.2) is 28.2 Å². The number of nitrogens with one attached hydrogen (secondary N) is 2. The van der Waals surface area contributed by atoms with Crippen LogP contribution in [0.15, 0.2) is 140 Å². The molecule has 1 aromatic heterocycles. The lowest BCUT2D eigenvalue weighted by atomic mass is 9.80. The largest absolute Gasteiger partial charge is 0.444 e. The summed E-state index contributed by atoms with van der Waals surface area (Å²) in [5.74, 6) is -2.46. The Morgan fingerprint density at radius 1 is 0.725 bits per heavy atom. The fourth-order valence-corrected chi connectivity index (χ4v) is 6.22. The van der Waals surface area contributed by atoms with Crippen LogP contribution in [0.3, 0.4) is 0 Å². The van der Waals surface area contributed by atoms with Crippen molar-refractivity contribution in [3.63, 3.8) is 0 Å².